The van der Waals surface area contributed by atoms with Crippen LogP contribution < -0.4 is 10.9 Å². The molecule has 7 heteroatoms. The summed E-state index contributed by atoms with van der Waals surface area (Å²) in [4.78, 5) is 26.2. The molecule has 0 bridgehead atoms. The minimum Gasteiger partial charge on any atom is -0.385 e. The second-order valence-electron chi connectivity index (χ2n) is 6.36. The lowest BCUT2D eigenvalue weighted by molar-refractivity contribution is -0.120. The quantitative estimate of drug-likeness (QED) is 0.616. The first-order chi connectivity index (χ1) is 13.0. The summed E-state index contributed by atoms with van der Waals surface area (Å²) < 4.78 is 1.82. The predicted octanol–water partition coefficient (Wildman–Crippen LogP) is 1.57. The second kappa shape index (κ2) is 8.01. The van der Waals surface area contributed by atoms with E-state index in [1.54, 1.807) is 12.1 Å². The summed E-state index contributed by atoms with van der Waals surface area (Å²) in [5.41, 5.74) is 3.57. The van der Waals surface area contributed by atoms with Gasteiger partial charge < -0.3 is 15.4 Å². The molecule has 27 heavy (non-hydrogen) atoms. The lowest BCUT2D eigenvalue weighted by Crippen LogP contribution is -2.30. The lowest BCUT2D eigenvalue weighted by atomic mass is 10.1. The maximum absolute atomic E-state index is 12.3. The average molecular weight is 366 g/mol. The molecule has 2 aromatic heterocycles. The standard InChI is InChI=1S/C20H22N4O3/c1-13-16(14(2)24(23-13)15-7-4-3-5-8-15)11-20(27)21-12-18(25)17-9-6-10-19(26)22-17/h3-10,18,25H,11-12H2,1-2H3,(H,21,27)(H,22,26). The van der Waals surface area contributed by atoms with Gasteiger partial charge in [0.2, 0.25) is 11.5 Å². The number of aryl methyl sites for hydroxylation is 1. The molecule has 0 radical (unpaired) electrons. The van der Waals surface area contributed by atoms with Crippen molar-refractivity contribution in [3.05, 3.63) is 81.5 Å². The molecular weight excluding hydrogens is 344 g/mol. The van der Waals surface area contributed by atoms with Gasteiger partial charge in [0.15, 0.2) is 0 Å². The van der Waals surface area contributed by atoms with Gasteiger partial charge in [0.05, 0.1) is 17.8 Å². The number of aliphatic hydroxyl groups excluding tert-OH is 1. The lowest BCUT2D eigenvalue weighted by Gasteiger charge is -2.12. The fourth-order valence-electron chi connectivity index (χ4n) is 2.95. The van der Waals surface area contributed by atoms with E-state index in [-0.39, 0.29) is 24.4 Å². The van der Waals surface area contributed by atoms with E-state index in [0.29, 0.717) is 5.69 Å². The Kier molecular flexibility index (Phi) is 5.52. The third-order valence-corrected chi connectivity index (χ3v) is 4.42. The number of nitrogens with one attached hydrogen (secondary N) is 2. The second-order valence-corrected chi connectivity index (χ2v) is 6.36. The van der Waals surface area contributed by atoms with Crippen molar-refractivity contribution in [2.24, 2.45) is 0 Å². The van der Waals surface area contributed by atoms with Crippen LogP contribution in [-0.2, 0) is 11.2 Å². The highest BCUT2D eigenvalue weighted by Crippen LogP contribution is 2.18. The largest absolute Gasteiger partial charge is 0.385 e. The molecule has 140 valence electrons. The summed E-state index contributed by atoms with van der Waals surface area (Å²) in [6, 6.07) is 14.3. The SMILES string of the molecule is Cc1nn(-c2ccccc2)c(C)c1CC(=O)NCC(O)c1cccc(=O)[nH]1. The number of aliphatic hydroxyl groups is 1. The fourth-order valence-corrected chi connectivity index (χ4v) is 2.95. The zero-order valence-electron chi connectivity index (χ0n) is 15.3. The Bertz CT molecular complexity index is 992. The Morgan fingerprint density at radius 1 is 1.19 bits per heavy atom. The molecule has 1 amide bonds. The number of para-hydroxylation sites is 1. The van der Waals surface area contributed by atoms with Crippen LogP contribution in [0.3, 0.4) is 0 Å². The molecule has 0 spiro atoms. The minimum atomic E-state index is -0.975. The Morgan fingerprint density at radius 2 is 1.93 bits per heavy atom. The van der Waals surface area contributed by atoms with E-state index in [1.165, 1.54) is 6.07 Å². The van der Waals surface area contributed by atoms with Gasteiger partial charge in [0, 0.05) is 29.6 Å². The molecule has 0 aliphatic rings. The molecule has 0 aliphatic heterocycles. The van der Waals surface area contributed by atoms with Crippen LogP contribution in [0.5, 0.6) is 0 Å². The molecule has 3 N–H and O–H groups in total. The smallest absolute Gasteiger partial charge is 0.248 e. The fraction of sp³-hybridized carbons (Fsp3) is 0.250. The molecule has 0 saturated carbocycles. The molecule has 1 aromatic carbocycles. The Hall–Kier alpha value is -3.19. The number of rotatable bonds is 6. The number of aromatic nitrogens is 3. The molecule has 0 fully saturated rings. The van der Waals surface area contributed by atoms with Crippen LogP contribution in [0.25, 0.3) is 5.69 Å². The number of nitrogens with zero attached hydrogens (tertiary/aromatic N) is 2. The number of carbonyl (C=O) groups excluding carboxylic acids is 1. The van der Waals surface area contributed by atoms with Gasteiger partial charge >= 0.3 is 0 Å². The van der Waals surface area contributed by atoms with E-state index >= 15 is 0 Å². The van der Waals surface area contributed by atoms with E-state index in [4.69, 9.17) is 0 Å². The van der Waals surface area contributed by atoms with Crippen molar-refractivity contribution in [2.75, 3.05) is 6.54 Å². The maximum Gasteiger partial charge on any atom is 0.248 e. The van der Waals surface area contributed by atoms with Crippen LogP contribution in [-0.4, -0.2) is 32.3 Å². The van der Waals surface area contributed by atoms with E-state index in [1.807, 2.05) is 48.9 Å². The van der Waals surface area contributed by atoms with Gasteiger partial charge in [0.25, 0.3) is 0 Å². The van der Waals surface area contributed by atoms with E-state index < -0.39 is 6.10 Å². The Balaban J connectivity index is 1.66. The van der Waals surface area contributed by atoms with Crippen LogP contribution in [0, 0.1) is 13.8 Å². The van der Waals surface area contributed by atoms with Crippen molar-refractivity contribution in [1.82, 2.24) is 20.1 Å². The van der Waals surface area contributed by atoms with Gasteiger partial charge in [-0.15, -0.1) is 0 Å². The van der Waals surface area contributed by atoms with Crippen LogP contribution in [0.2, 0.25) is 0 Å². The maximum atomic E-state index is 12.3. The van der Waals surface area contributed by atoms with Crippen molar-refractivity contribution >= 4 is 5.91 Å². The van der Waals surface area contributed by atoms with E-state index in [2.05, 4.69) is 15.4 Å². The zero-order chi connectivity index (χ0) is 19.4. The summed E-state index contributed by atoms with van der Waals surface area (Å²) >= 11 is 0. The zero-order valence-corrected chi connectivity index (χ0v) is 15.3. The number of H-pyrrole nitrogens is 1. The highest BCUT2D eigenvalue weighted by Gasteiger charge is 2.17. The molecule has 1 unspecified atom stereocenters. The van der Waals surface area contributed by atoms with Gasteiger partial charge in [-0.25, -0.2) is 4.68 Å². The van der Waals surface area contributed by atoms with E-state index in [9.17, 15) is 14.7 Å². The Morgan fingerprint density at radius 3 is 2.63 bits per heavy atom. The van der Waals surface area contributed by atoms with Gasteiger partial charge in [-0.2, -0.15) is 5.10 Å². The number of aromatic amines is 1. The Labute approximate surface area is 156 Å². The minimum absolute atomic E-state index is 0.0176. The average Bonchev–Trinajstić information content (AvgIpc) is 2.95. The van der Waals surface area contributed by atoms with Crippen LogP contribution in [0.4, 0.5) is 0 Å². The molecule has 1 atom stereocenters. The monoisotopic (exact) mass is 366 g/mol. The van der Waals surface area contributed by atoms with Gasteiger partial charge in [-0.1, -0.05) is 24.3 Å². The van der Waals surface area contributed by atoms with Crippen molar-refractivity contribution in [1.29, 1.82) is 0 Å². The normalized spacial score (nSPS) is 12.0. The summed E-state index contributed by atoms with van der Waals surface area (Å²) in [5, 5.41) is 17.4. The number of benzene rings is 1. The predicted molar refractivity (Wildman–Crippen MR) is 102 cm³/mol. The molecular formula is C20H22N4O3. The summed E-state index contributed by atoms with van der Waals surface area (Å²) in [6.45, 7) is 3.82. The molecule has 0 aliphatic carbocycles. The number of hydrogen-bond acceptors (Lipinski definition) is 4. The number of amides is 1. The van der Waals surface area contributed by atoms with Crippen LogP contribution >= 0.6 is 0 Å². The molecule has 2 heterocycles. The van der Waals surface area contributed by atoms with Crippen molar-refractivity contribution < 1.29 is 9.90 Å². The molecule has 3 rings (SSSR count). The summed E-state index contributed by atoms with van der Waals surface area (Å²) in [7, 11) is 0. The van der Waals surface area contributed by atoms with E-state index in [0.717, 1.165) is 22.6 Å². The summed E-state index contributed by atoms with van der Waals surface area (Å²) in [6.07, 6.45) is -0.806. The highest BCUT2D eigenvalue weighted by atomic mass is 16.3. The highest BCUT2D eigenvalue weighted by molar-refractivity contribution is 5.79. The molecule has 0 saturated heterocycles. The molecule has 3 aromatic rings. The topological polar surface area (TPSA) is 100 Å². The van der Waals surface area contributed by atoms with Crippen molar-refractivity contribution in [2.45, 2.75) is 26.4 Å². The van der Waals surface area contributed by atoms with Gasteiger partial charge in [0.1, 0.15) is 6.10 Å². The van der Waals surface area contributed by atoms with Crippen LogP contribution in [0.15, 0.2) is 53.3 Å². The summed E-state index contributed by atoms with van der Waals surface area (Å²) in [5.74, 6) is -0.217. The van der Waals surface area contributed by atoms with Gasteiger partial charge in [-0.3, -0.25) is 9.59 Å². The third kappa shape index (κ3) is 4.32. The number of pyridine rings is 1. The van der Waals surface area contributed by atoms with Crippen LogP contribution in [0.1, 0.15) is 28.7 Å². The van der Waals surface area contributed by atoms with Crippen molar-refractivity contribution in [3.63, 3.8) is 0 Å². The van der Waals surface area contributed by atoms with Gasteiger partial charge in [-0.05, 0) is 32.0 Å². The molecule has 7 nitrogen and oxygen atoms in total. The number of carbonyl (C=O) groups is 1. The van der Waals surface area contributed by atoms with Crippen molar-refractivity contribution in [3.8, 4) is 5.69 Å². The first-order valence-electron chi connectivity index (χ1n) is 8.70. The first-order valence-corrected chi connectivity index (χ1v) is 8.70. The number of hydrogen-bond donors (Lipinski definition) is 3. The first kappa shape index (κ1) is 18.6. The third-order valence-electron chi connectivity index (χ3n) is 4.42.